The molecule has 2 aromatic carbocycles. The third-order valence-corrected chi connectivity index (χ3v) is 5.26. The average molecular weight is 373 g/mol. The van der Waals surface area contributed by atoms with Crippen molar-refractivity contribution < 1.29 is 14.3 Å². The summed E-state index contributed by atoms with van der Waals surface area (Å²) in [7, 11) is 0. The molecule has 4 rings (SSSR count). The first-order valence-electron chi connectivity index (χ1n) is 8.65. The summed E-state index contributed by atoms with van der Waals surface area (Å²) in [4.78, 5) is 14.3. The molecule has 134 valence electrons. The van der Waals surface area contributed by atoms with E-state index >= 15 is 0 Å². The molecule has 0 spiro atoms. The van der Waals surface area contributed by atoms with E-state index in [2.05, 4.69) is 0 Å². The van der Waals surface area contributed by atoms with Gasteiger partial charge in [0.05, 0.1) is 16.2 Å². The third kappa shape index (κ3) is 2.63. The summed E-state index contributed by atoms with van der Waals surface area (Å²) in [5.74, 6) is -1.60. The lowest BCUT2D eigenvalue weighted by Crippen LogP contribution is -2.30. The zero-order chi connectivity index (χ0) is 18.3. The molecule has 1 fully saturated rings. The van der Waals surface area contributed by atoms with Crippen LogP contribution in [-0.2, 0) is 0 Å². The average Bonchev–Trinajstić information content (AvgIpc) is 3.02. The van der Waals surface area contributed by atoms with Crippen molar-refractivity contribution in [3.63, 3.8) is 0 Å². The lowest BCUT2D eigenvalue weighted by molar-refractivity contribution is 0.0689. The highest BCUT2D eigenvalue weighted by Gasteiger charge is 2.30. The SMILES string of the molecule is O=C(O)c1c(N2CCCCC2)c2c(Cl)c(F)ccc2n1-c1ccccc1. The summed E-state index contributed by atoms with van der Waals surface area (Å²) in [6, 6.07) is 12.1. The predicted molar refractivity (Wildman–Crippen MR) is 101 cm³/mol. The molecule has 3 aromatic rings. The fraction of sp³-hybridized carbons (Fsp3) is 0.250. The highest BCUT2D eigenvalue weighted by molar-refractivity contribution is 6.37. The van der Waals surface area contributed by atoms with E-state index in [0.29, 0.717) is 22.3 Å². The second-order valence-electron chi connectivity index (χ2n) is 6.48. The van der Waals surface area contributed by atoms with Crippen molar-refractivity contribution in [2.75, 3.05) is 18.0 Å². The molecule has 0 aliphatic carbocycles. The number of para-hydroxylation sites is 1. The van der Waals surface area contributed by atoms with Gasteiger partial charge in [-0.1, -0.05) is 29.8 Å². The van der Waals surface area contributed by atoms with Gasteiger partial charge in [0.1, 0.15) is 5.82 Å². The number of rotatable bonds is 3. The highest BCUT2D eigenvalue weighted by atomic mass is 35.5. The van der Waals surface area contributed by atoms with Crippen LogP contribution < -0.4 is 4.90 Å². The Morgan fingerprint density at radius 2 is 1.73 bits per heavy atom. The zero-order valence-electron chi connectivity index (χ0n) is 14.1. The molecule has 0 radical (unpaired) electrons. The minimum atomic E-state index is -1.05. The van der Waals surface area contributed by atoms with Crippen molar-refractivity contribution in [1.82, 2.24) is 4.57 Å². The molecule has 26 heavy (non-hydrogen) atoms. The largest absolute Gasteiger partial charge is 0.476 e. The molecule has 1 saturated heterocycles. The number of aromatic carboxylic acids is 1. The van der Waals surface area contributed by atoms with Crippen LogP contribution >= 0.6 is 11.6 Å². The Kier molecular flexibility index (Phi) is 4.32. The number of fused-ring (bicyclic) bond motifs is 1. The van der Waals surface area contributed by atoms with Gasteiger partial charge in [0.25, 0.3) is 0 Å². The van der Waals surface area contributed by atoms with E-state index < -0.39 is 11.8 Å². The first kappa shape index (κ1) is 16.9. The Labute approximate surface area is 155 Å². The van der Waals surface area contributed by atoms with Gasteiger partial charge in [-0.25, -0.2) is 9.18 Å². The van der Waals surface area contributed by atoms with Crippen LogP contribution in [0.25, 0.3) is 16.6 Å². The van der Waals surface area contributed by atoms with Crippen LogP contribution in [0.5, 0.6) is 0 Å². The maximum atomic E-state index is 14.2. The molecule has 1 aliphatic heterocycles. The van der Waals surface area contributed by atoms with E-state index in [1.54, 1.807) is 10.6 Å². The van der Waals surface area contributed by atoms with Crippen LogP contribution in [0.2, 0.25) is 5.02 Å². The van der Waals surface area contributed by atoms with Crippen LogP contribution in [-0.4, -0.2) is 28.7 Å². The molecule has 0 unspecified atom stereocenters. The minimum Gasteiger partial charge on any atom is -0.476 e. The molecule has 1 aromatic heterocycles. The van der Waals surface area contributed by atoms with E-state index in [9.17, 15) is 14.3 Å². The van der Waals surface area contributed by atoms with Crippen LogP contribution in [0.15, 0.2) is 42.5 Å². The summed E-state index contributed by atoms with van der Waals surface area (Å²) >= 11 is 6.32. The molecule has 0 bridgehead atoms. The van der Waals surface area contributed by atoms with Gasteiger partial charge in [-0.2, -0.15) is 0 Å². The number of hydrogen-bond donors (Lipinski definition) is 1. The zero-order valence-corrected chi connectivity index (χ0v) is 14.8. The first-order chi connectivity index (χ1) is 12.6. The Morgan fingerprint density at radius 1 is 1.04 bits per heavy atom. The van der Waals surface area contributed by atoms with Crippen molar-refractivity contribution in [2.24, 2.45) is 0 Å². The van der Waals surface area contributed by atoms with Crippen molar-refractivity contribution in [3.05, 3.63) is 59.0 Å². The van der Waals surface area contributed by atoms with E-state index in [1.807, 2.05) is 35.2 Å². The first-order valence-corrected chi connectivity index (χ1v) is 9.03. The van der Waals surface area contributed by atoms with Gasteiger partial charge in [-0.15, -0.1) is 0 Å². The molecule has 0 saturated carbocycles. The van der Waals surface area contributed by atoms with Gasteiger partial charge < -0.3 is 14.6 Å². The topological polar surface area (TPSA) is 45.5 Å². The van der Waals surface area contributed by atoms with Crippen LogP contribution in [0.1, 0.15) is 29.8 Å². The smallest absolute Gasteiger partial charge is 0.355 e. The van der Waals surface area contributed by atoms with E-state index in [-0.39, 0.29) is 10.7 Å². The van der Waals surface area contributed by atoms with Crippen molar-refractivity contribution in [1.29, 1.82) is 0 Å². The van der Waals surface area contributed by atoms with Gasteiger partial charge in [0, 0.05) is 24.2 Å². The number of carboxylic acid groups (broad SMARTS) is 1. The summed E-state index contributed by atoms with van der Waals surface area (Å²) in [5, 5.41) is 10.5. The van der Waals surface area contributed by atoms with Gasteiger partial charge in [-0.05, 0) is 43.5 Å². The van der Waals surface area contributed by atoms with Gasteiger partial charge >= 0.3 is 5.97 Å². The molecule has 4 nitrogen and oxygen atoms in total. The summed E-state index contributed by atoms with van der Waals surface area (Å²) in [6.07, 6.45) is 3.06. The second-order valence-corrected chi connectivity index (χ2v) is 6.85. The molecule has 1 aliphatic rings. The van der Waals surface area contributed by atoms with E-state index in [4.69, 9.17) is 11.6 Å². The maximum Gasteiger partial charge on any atom is 0.355 e. The summed E-state index contributed by atoms with van der Waals surface area (Å²) in [5.41, 5.74) is 1.95. The van der Waals surface area contributed by atoms with Crippen LogP contribution in [0, 0.1) is 5.82 Å². The quantitative estimate of drug-likeness (QED) is 0.694. The van der Waals surface area contributed by atoms with Crippen molar-refractivity contribution in [2.45, 2.75) is 19.3 Å². The Hall–Kier alpha value is -2.53. The number of halogens is 2. The molecule has 6 heteroatoms. The van der Waals surface area contributed by atoms with Gasteiger partial charge in [-0.3, -0.25) is 0 Å². The summed E-state index contributed by atoms with van der Waals surface area (Å²) in [6.45, 7) is 1.47. The number of aromatic nitrogens is 1. The molecule has 0 atom stereocenters. The number of anilines is 1. The van der Waals surface area contributed by atoms with Crippen LogP contribution in [0.4, 0.5) is 10.1 Å². The summed E-state index contributed by atoms with van der Waals surface area (Å²) < 4.78 is 15.9. The number of piperidine rings is 1. The monoisotopic (exact) mass is 372 g/mol. The fourth-order valence-corrected chi connectivity index (χ4v) is 4.01. The number of benzene rings is 2. The lowest BCUT2D eigenvalue weighted by atomic mass is 10.1. The third-order valence-electron chi connectivity index (χ3n) is 4.89. The fourth-order valence-electron chi connectivity index (χ4n) is 3.76. The second kappa shape index (κ2) is 6.65. The van der Waals surface area contributed by atoms with E-state index in [1.165, 1.54) is 6.07 Å². The van der Waals surface area contributed by atoms with Gasteiger partial charge in [0.15, 0.2) is 5.69 Å². The van der Waals surface area contributed by atoms with E-state index in [0.717, 1.165) is 32.4 Å². The predicted octanol–water partition coefficient (Wildman–Crippen LogP) is 5.11. The number of carboxylic acids is 1. The van der Waals surface area contributed by atoms with Crippen LogP contribution in [0.3, 0.4) is 0 Å². The number of carbonyl (C=O) groups is 1. The van der Waals surface area contributed by atoms with Gasteiger partial charge in [0.2, 0.25) is 0 Å². The maximum absolute atomic E-state index is 14.2. The van der Waals surface area contributed by atoms with Crippen molar-refractivity contribution >= 4 is 34.2 Å². The Balaban J connectivity index is 2.12. The van der Waals surface area contributed by atoms with Crippen molar-refractivity contribution in [3.8, 4) is 5.69 Å². The molecule has 2 heterocycles. The standard InChI is InChI=1S/C20H18ClFN2O2/c21-17-14(22)9-10-15-16(17)18(23-11-5-2-6-12-23)19(20(25)26)24(15)13-7-3-1-4-8-13/h1,3-4,7-10H,2,5-6,11-12H2,(H,25,26). The number of hydrogen-bond acceptors (Lipinski definition) is 2. The minimum absolute atomic E-state index is 0.0275. The Bertz CT molecular complexity index is 979. The highest BCUT2D eigenvalue weighted by Crippen LogP contribution is 2.42. The molecular formula is C20H18ClFN2O2. The Morgan fingerprint density at radius 3 is 2.38 bits per heavy atom. The lowest BCUT2D eigenvalue weighted by Gasteiger charge is -2.29. The normalized spacial score (nSPS) is 14.8. The number of nitrogens with zero attached hydrogens (tertiary/aromatic N) is 2. The molecule has 0 amide bonds. The molecule has 1 N–H and O–H groups in total. The molecular weight excluding hydrogens is 355 g/mol.